The van der Waals surface area contributed by atoms with E-state index in [4.69, 9.17) is 10.8 Å². The van der Waals surface area contributed by atoms with E-state index in [0.717, 1.165) is 0 Å². The topological polar surface area (TPSA) is 96.2 Å². The first-order chi connectivity index (χ1) is 32.7. The number of nitrogens with zero attached hydrogens (tertiary/aromatic N) is 6. The summed E-state index contributed by atoms with van der Waals surface area (Å²) in [7, 11) is 0. The zero-order valence-corrected chi connectivity index (χ0v) is 39.1. The first kappa shape index (κ1) is 55.1. The Morgan fingerprint density at radius 2 is 0.328 bits per heavy atom. The zero-order chi connectivity index (χ0) is 46.8. The van der Waals surface area contributed by atoms with Gasteiger partial charge in [0.25, 0.3) is 0 Å². The molecule has 0 radical (unpaired) electrons. The number of isothiocyanates is 2. The largest absolute Gasteiger partial charge is 2.00 e. The molecule has 9 heteroatoms. The maximum Gasteiger partial charge on any atom is 2.00 e. The van der Waals surface area contributed by atoms with E-state index in [1.807, 2.05) is 244 Å². The molecule has 6 nitrogen and oxygen atoms in total. The van der Waals surface area contributed by atoms with Crippen LogP contribution in [0.1, 0.15) is 0 Å². The summed E-state index contributed by atoms with van der Waals surface area (Å²) in [5, 5.41) is 16.9. The van der Waals surface area contributed by atoms with E-state index < -0.39 is 0 Å². The Labute approximate surface area is 416 Å². The standard InChI is InChI=1S/4C11H9N.2C6H6.2CNS.Ni/c4*1-2-4-10(5-3-1)11-6-8-12-9-7-11;2*1-2-4-6-5-3-1;2*2-1-3;/h4*1-9H;2*1-6H;;;/q;;;;;;2*-1;+2. The average molecular weight is 952 g/mol. The molecule has 10 aromatic rings. The van der Waals surface area contributed by atoms with Crippen molar-refractivity contribution < 1.29 is 16.5 Å². The van der Waals surface area contributed by atoms with Gasteiger partial charge in [-0.15, -0.1) is 0 Å². The monoisotopic (exact) mass is 950 g/mol. The van der Waals surface area contributed by atoms with Crippen molar-refractivity contribution in [2.24, 2.45) is 0 Å². The molecular weight excluding hydrogens is 904 g/mol. The molecule has 0 fully saturated rings. The molecule has 0 aliphatic heterocycles. The fourth-order valence-electron chi connectivity index (χ4n) is 5.47. The van der Waals surface area contributed by atoms with Crippen molar-refractivity contribution in [3.05, 3.63) is 303 Å². The van der Waals surface area contributed by atoms with Gasteiger partial charge in [-0.05, 0) is 93.0 Å². The molecule has 0 spiro atoms. The number of aromatic nitrogens is 4. The summed E-state index contributed by atoms with van der Waals surface area (Å²) in [6.07, 6.45) is 14.5. The van der Waals surface area contributed by atoms with Gasteiger partial charge in [0.05, 0.1) is 0 Å². The second-order valence-electron chi connectivity index (χ2n) is 12.9. The van der Waals surface area contributed by atoms with Crippen LogP contribution in [0.2, 0.25) is 0 Å². The van der Waals surface area contributed by atoms with Gasteiger partial charge in [-0.2, -0.15) is 10.3 Å². The van der Waals surface area contributed by atoms with E-state index in [1.54, 1.807) is 0 Å². The molecule has 0 N–H and O–H groups in total. The SMILES string of the molecule is [N-]=C=S.[N-]=C=S.[Ni+2].c1ccc(-c2ccncc2)cc1.c1ccc(-c2ccncc2)cc1.c1ccc(-c2ccncc2)cc1.c1ccc(-c2ccncc2)cc1.c1ccccc1.c1ccccc1. The first-order valence-corrected chi connectivity index (χ1v) is 21.4. The molecule has 10 rings (SSSR count). The van der Waals surface area contributed by atoms with E-state index in [2.05, 4.69) is 92.9 Å². The van der Waals surface area contributed by atoms with Gasteiger partial charge in [-0.3, -0.25) is 19.9 Å². The Morgan fingerprint density at radius 1 is 0.224 bits per heavy atom. The van der Waals surface area contributed by atoms with Crippen LogP contribution in [0, 0.1) is 0 Å². The Kier molecular flexibility index (Phi) is 31.7. The number of thiocarbonyl (C=S) groups is 2. The smallest absolute Gasteiger partial charge is 0.753 e. The summed E-state index contributed by atoms with van der Waals surface area (Å²) in [6.45, 7) is 0. The molecule has 0 aliphatic carbocycles. The molecule has 67 heavy (non-hydrogen) atoms. The maximum atomic E-state index is 7.13. The van der Waals surface area contributed by atoms with Crippen LogP contribution in [0.3, 0.4) is 0 Å². The van der Waals surface area contributed by atoms with Crippen molar-refractivity contribution in [2.75, 3.05) is 0 Å². The molecular formula is C58H48N6NiS2. The van der Waals surface area contributed by atoms with Crippen LogP contribution in [-0.2, 0) is 16.5 Å². The van der Waals surface area contributed by atoms with E-state index in [9.17, 15) is 0 Å². The van der Waals surface area contributed by atoms with E-state index in [0.29, 0.717) is 0 Å². The summed E-state index contributed by atoms with van der Waals surface area (Å²) >= 11 is 7.40. The van der Waals surface area contributed by atoms with Crippen LogP contribution in [0.4, 0.5) is 0 Å². The Bertz CT molecular complexity index is 2140. The number of pyridine rings is 4. The van der Waals surface area contributed by atoms with Gasteiger partial charge in [0, 0.05) is 49.6 Å². The van der Waals surface area contributed by atoms with Crippen molar-refractivity contribution in [3.8, 4) is 44.5 Å². The van der Waals surface area contributed by atoms with Crippen molar-refractivity contribution in [2.45, 2.75) is 0 Å². The second-order valence-corrected chi connectivity index (χ2v) is 13.3. The van der Waals surface area contributed by atoms with E-state index >= 15 is 0 Å². The summed E-state index contributed by atoms with van der Waals surface area (Å²) < 4.78 is 0. The Hall–Kier alpha value is -7.99. The van der Waals surface area contributed by atoms with Gasteiger partial charge >= 0.3 is 16.5 Å². The summed E-state index contributed by atoms with van der Waals surface area (Å²) in [5.74, 6) is 0. The van der Waals surface area contributed by atoms with Crippen molar-refractivity contribution in [3.63, 3.8) is 0 Å². The molecule has 0 bridgehead atoms. The molecule has 4 heterocycles. The predicted molar refractivity (Wildman–Crippen MR) is 283 cm³/mol. The third-order valence-electron chi connectivity index (χ3n) is 8.48. The normalized spacial score (nSPS) is 8.60. The van der Waals surface area contributed by atoms with E-state index in [1.165, 1.54) is 54.8 Å². The van der Waals surface area contributed by atoms with Crippen LogP contribution in [0.25, 0.3) is 55.3 Å². The third kappa shape index (κ3) is 25.8. The fraction of sp³-hybridized carbons (Fsp3) is 0. The van der Waals surface area contributed by atoms with Crippen LogP contribution < -0.4 is 0 Å². The molecule has 0 unspecified atom stereocenters. The minimum absolute atomic E-state index is 0. The van der Waals surface area contributed by atoms with Crippen LogP contribution in [-0.4, -0.2) is 30.3 Å². The molecule has 4 aromatic heterocycles. The summed E-state index contributed by atoms with van der Waals surface area (Å²) in [6, 6.07) is 81.2. The third-order valence-corrected chi connectivity index (χ3v) is 8.48. The summed E-state index contributed by atoms with van der Waals surface area (Å²) in [4.78, 5) is 15.9. The number of hydrogen-bond donors (Lipinski definition) is 0. The number of hydrogen-bond acceptors (Lipinski definition) is 6. The minimum Gasteiger partial charge on any atom is -0.753 e. The molecule has 0 atom stereocenters. The molecule has 0 saturated heterocycles. The van der Waals surface area contributed by atoms with Gasteiger partial charge in [-0.25, -0.2) is 0 Å². The van der Waals surface area contributed by atoms with Crippen LogP contribution >= 0.6 is 24.4 Å². The molecule has 0 amide bonds. The number of rotatable bonds is 4. The fourth-order valence-corrected chi connectivity index (χ4v) is 5.47. The molecule has 6 aromatic carbocycles. The quantitative estimate of drug-likeness (QED) is 0.0990. The van der Waals surface area contributed by atoms with Crippen LogP contribution in [0.15, 0.2) is 292 Å². The predicted octanol–water partition coefficient (Wildman–Crippen LogP) is 15.7. The number of benzene rings is 6. The van der Waals surface area contributed by atoms with Gasteiger partial charge in [0.15, 0.2) is 0 Å². The Morgan fingerprint density at radius 3 is 0.463 bits per heavy atom. The molecule has 0 saturated carbocycles. The van der Waals surface area contributed by atoms with Gasteiger partial charge in [-0.1, -0.05) is 219 Å². The summed E-state index contributed by atoms with van der Waals surface area (Å²) in [5.41, 5.74) is 9.80. The van der Waals surface area contributed by atoms with Crippen molar-refractivity contribution in [1.29, 1.82) is 0 Å². The van der Waals surface area contributed by atoms with E-state index in [-0.39, 0.29) is 16.5 Å². The zero-order valence-electron chi connectivity index (χ0n) is 36.5. The van der Waals surface area contributed by atoms with Gasteiger partial charge < -0.3 is 10.8 Å². The maximum absolute atomic E-state index is 7.13. The van der Waals surface area contributed by atoms with Crippen molar-refractivity contribution >= 4 is 34.8 Å². The molecule has 332 valence electrons. The van der Waals surface area contributed by atoms with Gasteiger partial charge in [0.2, 0.25) is 0 Å². The van der Waals surface area contributed by atoms with Gasteiger partial charge in [0.1, 0.15) is 0 Å². The second kappa shape index (κ2) is 38.5. The minimum atomic E-state index is 0. The van der Waals surface area contributed by atoms with Crippen molar-refractivity contribution in [1.82, 2.24) is 19.9 Å². The average Bonchev–Trinajstić information content (AvgIpc) is 3.43. The Balaban J connectivity index is 0.000000273. The van der Waals surface area contributed by atoms with Crippen LogP contribution in [0.5, 0.6) is 0 Å². The molecule has 0 aliphatic rings. The first-order valence-electron chi connectivity index (χ1n) is 20.5.